The molecule has 1 aromatic rings. The van der Waals surface area contributed by atoms with E-state index in [4.69, 9.17) is 29.6 Å². The molecule has 1 aromatic carbocycles. The monoisotopic (exact) mass is 268 g/mol. The van der Waals surface area contributed by atoms with E-state index in [9.17, 15) is 0 Å². The highest BCUT2D eigenvalue weighted by molar-refractivity contribution is 7.80. The number of hydrogen-bond acceptors (Lipinski definition) is 2. The molecule has 0 aliphatic heterocycles. The summed E-state index contributed by atoms with van der Waals surface area (Å²) in [5.74, 6) is 0.804. The van der Waals surface area contributed by atoms with Gasteiger partial charge >= 0.3 is 0 Å². The number of anilines is 1. The minimum atomic E-state index is 0.428. The fourth-order valence-corrected chi connectivity index (χ4v) is 2.53. The molecule has 1 aliphatic carbocycles. The van der Waals surface area contributed by atoms with E-state index in [2.05, 4.69) is 11.9 Å². The molecular formula is C13H17ClN2S. The van der Waals surface area contributed by atoms with E-state index in [1.165, 1.54) is 19.3 Å². The fourth-order valence-electron chi connectivity index (χ4n) is 2.19. The van der Waals surface area contributed by atoms with Crippen LogP contribution in [0.4, 0.5) is 5.69 Å². The number of thiocarbonyl (C=S) groups is 1. The van der Waals surface area contributed by atoms with Crippen LogP contribution in [0.15, 0.2) is 18.2 Å². The quantitative estimate of drug-likeness (QED) is 0.851. The van der Waals surface area contributed by atoms with Gasteiger partial charge in [0.2, 0.25) is 0 Å². The Kier molecular flexibility index (Phi) is 3.89. The Labute approximate surface area is 113 Å². The second-order valence-electron chi connectivity index (χ2n) is 4.70. The fraction of sp³-hybridized carbons (Fsp3) is 0.462. The highest BCUT2D eigenvalue weighted by Gasteiger charge is 2.20. The molecule has 0 saturated heterocycles. The van der Waals surface area contributed by atoms with Crippen molar-refractivity contribution in [1.29, 1.82) is 0 Å². The first-order chi connectivity index (χ1) is 8.08. The molecular weight excluding hydrogens is 252 g/mol. The van der Waals surface area contributed by atoms with Crippen molar-refractivity contribution >= 4 is 34.5 Å². The standard InChI is InChI=1S/C13H17ClN2S/c1-16(8-9-3-2-4-9)12-7-10(14)5-6-11(12)13(15)17/h5-7,9H,2-4,8H2,1H3,(H2,15,17). The second kappa shape index (κ2) is 5.23. The van der Waals surface area contributed by atoms with Gasteiger partial charge in [0.1, 0.15) is 4.99 Å². The molecule has 0 unspecified atom stereocenters. The Hall–Kier alpha value is -0.800. The maximum absolute atomic E-state index is 6.04. The summed E-state index contributed by atoms with van der Waals surface area (Å²) in [6.45, 7) is 1.05. The van der Waals surface area contributed by atoms with Crippen LogP contribution in [-0.2, 0) is 0 Å². The summed E-state index contributed by atoms with van der Waals surface area (Å²) in [7, 11) is 2.08. The topological polar surface area (TPSA) is 29.3 Å². The molecule has 0 spiro atoms. The third-order valence-corrected chi connectivity index (χ3v) is 3.85. The zero-order valence-electron chi connectivity index (χ0n) is 9.95. The molecule has 1 fully saturated rings. The summed E-state index contributed by atoms with van der Waals surface area (Å²) >= 11 is 11.1. The Bertz CT molecular complexity index is 429. The van der Waals surface area contributed by atoms with E-state index in [-0.39, 0.29) is 0 Å². The number of benzene rings is 1. The third-order valence-electron chi connectivity index (χ3n) is 3.39. The molecule has 1 aliphatic rings. The van der Waals surface area contributed by atoms with Crippen molar-refractivity contribution in [1.82, 2.24) is 0 Å². The average molecular weight is 269 g/mol. The summed E-state index contributed by atoms with van der Waals surface area (Å²) in [6.07, 6.45) is 4.01. The van der Waals surface area contributed by atoms with Crippen molar-refractivity contribution in [3.05, 3.63) is 28.8 Å². The van der Waals surface area contributed by atoms with Crippen molar-refractivity contribution in [3.63, 3.8) is 0 Å². The van der Waals surface area contributed by atoms with Gasteiger partial charge in [-0.2, -0.15) is 0 Å². The van der Waals surface area contributed by atoms with Gasteiger partial charge in [-0.05, 0) is 37.0 Å². The predicted molar refractivity (Wildman–Crippen MR) is 78.0 cm³/mol. The van der Waals surface area contributed by atoms with E-state index in [0.29, 0.717) is 4.99 Å². The van der Waals surface area contributed by atoms with E-state index in [0.717, 1.165) is 28.7 Å². The molecule has 2 rings (SSSR count). The van der Waals surface area contributed by atoms with Crippen LogP contribution in [0.2, 0.25) is 5.02 Å². The SMILES string of the molecule is CN(CC1CCC1)c1cc(Cl)ccc1C(N)=S. The lowest BCUT2D eigenvalue weighted by Crippen LogP contribution is -2.30. The Morgan fingerprint density at radius 1 is 1.53 bits per heavy atom. The van der Waals surface area contributed by atoms with Gasteiger partial charge in [0.25, 0.3) is 0 Å². The Morgan fingerprint density at radius 3 is 2.76 bits per heavy atom. The first-order valence-electron chi connectivity index (χ1n) is 5.88. The summed E-state index contributed by atoms with van der Waals surface area (Å²) < 4.78 is 0. The first-order valence-corrected chi connectivity index (χ1v) is 6.67. The largest absolute Gasteiger partial charge is 0.389 e. The van der Waals surface area contributed by atoms with Crippen LogP contribution in [0.5, 0.6) is 0 Å². The molecule has 92 valence electrons. The van der Waals surface area contributed by atoms with Crippen LogP contribution < -0.4 is 10.6 Å². The zero-order chi connectivity index (χ0) is 12.4. The molecule has 0 bridgehead atoms. The minimum absolute atomic E-state index is 0.428. The summed E-state index contributed by atoms with van der Waals surface area (Å²) in [5.41, 5.74) is 7.69. The lowest BCUT2D eigenvalue weighted by molar-refractivity contribution is 0.321. The minimum Gasteiger partial charge on any atom is -0.389 e. The number of nitrogens with zero attached hydrogens (tertiary/aromatic N) is 1. The number of nitrogens with two attached hydrogens (primary N) is 1. The van der Waals surface area contributed by atoms with Crippen LogP contribution in [0.25, 0.3) is 0 Å². The van der Waals surface area contributed by atoms with Gasteiger partial charge < -0.3 is 10.6 Å². The van der Waals surface area contributed by atoms with E-state index in [1.54, 1.807) is 0 Å². The number of hydrogen-bond donors (Lipinski definition) is 1. The maximum atomic E-state index is 6.04. The van der Waals surface area contributed by atoms with Gasteiger partial charge in [0.05, 0.1) is 0 Å². The summed E-state index contributed by atoms with van der Waals surface area (Å²) in [5, 5.41) is 0.723. The number of halogens is 1. The first kappa shape index (κ1) is 12.7. The Balaban J connectivity index is 2.21. The predicted octanol–water partition coefficient (Wildman–Crippen LogP) is 3.21. The second-order valence-corrected chi connectivity index (χ2v) is 5.58. The summed E-state index contributed by atoms with van der Waals surface area (Å²) in [4.78, 5) is 2.64. The van der Waals surface area contributed by atoms with Crippen molar-refractivity contribution in [3.8, 4) is 0 Å². The summed E-state index contributed by atoms with van der Waals surface area (Å²) in [6, 6.07) is 5.67. The van der Waals surface area contributed by atoms with Gasteiger partial charge in [-0.1, -0.05) is 30.2 Å². The average Bonchev–Trinajstić information content (AvgIpc) is 2.22. The lowest BCUT2D eigenvalue weighted by Gasteiger charge is -2.32. The highest BCUT2D eigenvalue weighted by atomic mass is 35.5. The van der Waals surface area contributed by atoms with E-state index >= 15 is 0 Å². The van der Waals surface area contributed by atoms with Crippen molar-refractivity contribution in [2.24, 2.45) is 11.7 Å². The normalized spacial score (nSPS) is 15.4. The molecule has 0 radical (unpaired) electrons. The van der Waals surface area contributed by atoms with Gasteiger partial charge in [0, 0.05) is 29.9 Å². The molecule has 2 nitrogen and oxygen atoms in total. The molecule has 0 atom stereocenters. The molecule has 1 saturated carbocycles. The van der Waals surface area contributed by atoms with Gasteiger partial charge in [-0.3, -0.25) is 0 Å². The van der Waals surface area contributed by atoms with Crippen LogP contribution in [-0.4, -0.2) is 18.6 Å². The molecule has 2 N–H and O–H groups in total. The molecule has 4 heteroatoms. The van der Waals surface area contributed by atoms with Gasteiger partial charge in [-0.25, -0.2) is 0 Å². The highest BCUT2D eigenvalue weighted by Crippen LogP contribution is 2.30. The maximum Gasteiger partial charge on any atom is 0.106 e. The molecule has 0 heterocycles. The van der Waals surface area contributed by atoms with Crippen LogP contribution >= 0.6 is 23.8 Å². The van der Waals surface area contributed by atoms with Crippen LogP contribution in [0, 0.1) is 5.92 Å². The molecule has 0 amide bonds. The van der Waals surface area contributed by atoms with Crippen LogP contribution in [0.1, 0.15) is 24.8 Å². The van der Waals surface area contributed by atoms with Crippen molar-refractivity contribution in [2.45, 2.75) is 19.3 Å². The Morgan fingerprint density at radius 2 is 2.24 bits per heavy atom. The molecule has 0 aromatic heterocycles. The van der Waals surface area contributed by atoms with Gasteiger partial charge in [-0.15, -0.1) is 0 Å². The van der Waals surface area contributed by atoms with Gasteiger partial charge in [0.15, 0.2) is 0 Å². The van der Waals surface area contributed by atoms with E-state index < -0.39 is 0 Å². The lowest BCUT2D eigenvalue weighted by atomic mass is 9.85. The molecule has 17 heavy (non-hydrogen) atoms. The van der Waals surface area contributed by atoms with Crippen LogP contribution in [0.3, 0.4) is 0 Å². The number of rotatable bonds is 4. The van der Waals surface area contributed by atoms with Crippen molar-refractivity contribution in [2.75, 3.05) is 18.5 Å². The zero-order valence-corrected chi connectivity index (χ0v) is 11.5. The smallest absolute Gasteiger partial charge is 0.106 e. The third kappa shape index (κ3) is 2.90. The van der Waals surface area contributed by atoms with E-state index in [1.807, 2.05) is 18.2 Å². The van der Waals surface area contributed by atoms with Crippen molar-refractivity contribution < 1.29 is 0 Å².